The quantitative estimate of drug-likeness (QED) is 0.507. The number of nitrogens with one attached hydrogen (secondary N) is 1. The zero-order valence-corrected chi connectivity index (χ0v) is 19.7. The van der Waals surface area contributed by atoms with E-state index in [1.54, 1.807) is 12.0 Å². The minimum atomic E-state index is -0.541. The number of methoxy groups -OCH3 is 1. The lowest BCUT2D eigenvalue weighted by molar-refractivity contribution is -0.118. The van der Waals surface area contributed by atoms with Gasteiger partial charge in [-0.25, -0.2) is 0 Å². The van der Waals surface area contributed by atoms with Crippen LogP contribution in [0, 0.1) is 5.41 Å². The highest BCUT2D eigenvalue weighted by Gasteiger charge is 2.43. The lowest BCUT2D eigenvalue weighted by atomic mass is 9.73. The summed E-state index contributed by atoms with van der Waals surface area (Å²) in [6.45, 7) is 4.23. The number of carbonyl (C=O) groups excluding carboxylic acids is 2. The Bertz CT molecular complexity index is 1240. The van der Waals surface area contributed by atoms with Gasteiger partial charge < -0.3 is 10.1 Å². The largest absolute Gasteiger partial charge is 0.497 e. The van der Waals surface area contributed by atoms with Gasteiger partial charge >= 0.3 is 0 Å². The Labute approximate surface area is 197 Å². The minimum Gasteiger partial charge on any atom is -0.497 e. The lowest BCUT2D eigenvalue weighted by Gasteiger charge is -2.37. The summed E-state index contributed by atoms with van der Waals surface area (Å²) < 4.78 is 5.36. The maximum absolute atomic E-state index is 13.9. The number of thiophene rings is 1. The molecule has 0 bridgehead atoms. The molecule has 168 valence electrons. The Morgan fingerprint density at radius 3 is 2.52 bits per heavy atom. The average molecular weight is 459 g/mol. The van der Waals surface area contributed by atoms with Crippen molar-refractivity contribution >= 4 is 34.4 Å². The summed E-state index contributed by atoms with van der Waals surface area (Å²) in [5, 5.41) is 5.44. The van der Waals surface area contributed by atoms with Crippen molar-refractivity contribution in [1.29, 1.82) is 0 Å². The molecule has 33 heavy (non-hydrogen) atoms. The fourth-order valence-corrected chi connectivity index (χ4v) is 5.49. The van der Waals surface area contributed by atoms with Gasteiger partial charge in [0.2, 0.25) is 0 Å². The number of hydrogen-bond acceptors (Lipinski definition) is 5. The van der Waals surface area contributed by atoms with Crippen LogP contribution < -0.4 is 15.0 Å². The Kier molecular flexibility index (Phi) is 5.33. The van der Waals surface area contributed by atoms with Crippen molar-refractivity contribution in [2.24, 2.45) is 5.41 Å². The molecule has 0 saturated carbocycles. The predicted octanol–water partition coefficient (Wildman–Crippen LogP) is 6.21. The van der Waals surface area contributed by atoms with E-state index < -0.39 is 6.04 Å². The van der Waals surface area contributed by atoms with Crippen LogP contribution in [-0.2, 0) is 4.79 Å². The summed E-state index contributed by atoms with van der Waals surface area (Å²) in [6.07, 6.45) is 1.17. The van der Waals surface area contributed by atoms with Crippen molar-refractivity contribution in [2.45, 2.75) is 32.7 Å². The zero-order valence-electron chi connectivity index (χ0n) is 18.9. The van der Waals surface area contributed by atoms with Crippen molar-refractivity contribution in [3.05, 3.63) is 87.8 Å². The zero-order chi connectivity index (χ0) is 23.2. The van der Waals surface area contributed by atoms with Gasteiger partial charge in [0.15, 0.2) is 5.78 Å². The van der Waals surface area contributed by atoms with Crippen LogP contribution in [0.3, 0.4) is 0 Å². The fourth-order valence-electron chi connectivity index (χ4n) is 4.83. The van der Waals surface area contributed by atoms with Crippen LogP contribution in [0.2, 0.25) is 0 Å². The molecule has 6 heteroatoms. The van der Waals surface area contributed by atoms with Crippen LogP contribution in [0.5, 0.6) is 5.75 Å². The number of carbonyl (C=O) groups is 2. The molecule has 1 aliphatic carbocycles. The first kappa shape index (κ1) is 21.5. The highest BCUT2D eigenvalue weighted by Crippen LogP contribution is 2.48. The molecule has 1 atom stereocenters. The molecule has 0 spiro atoms. The van der Waals surface area contributed by atoms with E-state index in [-0.39, 0.29) is 17.1 Å². The van der Waals surface area contributed by atoms with Gasteiger partial charge in [-0.15, -0.1) is 11.3 Å². The van der Waals surface area contributed by atoms with Crippen LogP contribution in [0.1, 0.15) is 48.0 Å². The summed E-state index contributed by atoms with van der Waals surface area (Å²) in [5.74, 6) is 0.685. The Hall–Kier alpha value is -3.38. The molecular formula is C27H26N2O3S. The third-order valence-electron chi connectivity index (χ3n) is 6.28. The molecule has 5 rings (SSSR count). The van der Waals surface area contributed by atoms with Gasteiger partial charge in [0.1, 0.15) is 5.75 Å². The van der Waals surface area contributed by atoms with Gasteiger partial charge in [-0.2, -0.15) is 0 Å². The van der Waals surface area contributed by atoms with Gasteiger partial charge in [-0.05, 0) is 53.1 Å². The van der Waals surface area contributed by atoms with Crippen LogP contribution >= 0.6 is 11.3 Å². The molecule has 2 aromatic carbocycles. The van der Waals surface area contributed by atoms with Crippen molar-refractivity contribution in [2.75, 3.05) is 17.3 Å². The summed E-state index contributed by atoms with van der Waals surface area (Å²) >= 11 is 1.41. The second kappa shape index (κ2) is 8.19. The third-order valence-corrected chi connectivity index (χ3v) is 7.14. The van der Waals surface area contributed by atoms with E-state index in [9.17, 15) is 9.59 Å². The van der Waals surface area contributed by atoms with Gasteiger partial charge in [0, 0.05) is 17.7 Å². The smallest absolute Gasteiger partial charge is 0.269 e. The monoisotopic (exact) mass is 458 g/mol. The maximum Gasteiger partial charge on any atom is 0.269 e. The van der Waals surface area contributed by atoms with E-state index in [0.717, 1.165) is 34.8 Å². The number of anilines is 2. The molecule has 1 aliphatic heterocycles. The first-order chi connectivity index (χ1) is 15.9. The summed E-state index contributed by atoms with van der Waals surface area (Å²) in [4.78, 5) is 30.0. The van der Waals surface area contributed by atoms with Gasteiger partial charge in [-0.1, -0.05) is 44.2 Å². The molecule has 0 fully saturated rings. The highest BCUT2D eigenvalue weighted by molar-refractivity contribution is 7.12. The second-order valence-electron chi connectivity index (χ2n) is 9.30. The molecule has 5 nitrogen and oxygen atoms in total. The molecule has 0 radical (unpaired) electrons. The van der Waals surface area contributed by atoms with Crippen molar-refractivity contribution in [3.63, 3.8) is 0 Å². The molecule has 1 aromatic heterocycles. The Balaban J connectivity index is 1.78. The third kappa shape index (κ3) is 3.85. The van der Waals surface area contributed by atoms with Gasteiger partial charge in [-0.3, -0.25) is 14.5 Å². The van der Waals surface area contributed by atoms with Crippen molar-refractivity contribution < 1.29 is 14.3 Å². The van der Waals surface area contributed by atoms with Crippen LogP contribution in [-0.4, -0.2) is 18.8 Å². The van der Waals surface area contributed by atoms with Crippen LogP contribution in [0.4, 0.5) is 11.4 Å². The number of ether oxygens (including phenoxy) is 1. The van der Waals surface area contributed by atoms with E-state index in [0.29, 0.717) is 16.9 Å². The van der Waals surface area contributed by atoms with Crippen molar-refractivity contribution in [1.82, 2.24) is 0 Å². The molecule has 1 N–H and O–H groups in total. The highest BCUT2D eigenvalue weighted by atomic mass is 32.1. The van der Waals surface area contributed by atoms with E-state index in [2.05, 4.69) is 19.2 Å². The number of para-hydroxylation sites is 2. The number of allylic oxidation sites excluding steroid dienone is 1. The predicted molar refractivity (Wildman–Crippen MR) is 132 cm³/mol. The molecule has 0 saturated heterocycles. The fraction of sp³-hybridized carbons (Fsp3) is 0.259. The number of rotatable bonds is 3. The Morgan fingerprint density at radius 2 is 1.82 bits per heavy atom. The molecule has 1 amide bonds. The number of fused-ring (bicyclic) bond motifs is 1. The van der Waals surface area contributed by atoms with E-state index in [1.807, 2.05) is 66.0 Å². The van der Waals surface area contributed by atoms with Crippen LogP contribution in [0.15, 0.2) is 77.3 Å². The number of amides is 1. The average Bonchev–Trinajstić information content (AvgIpc) is 3.28. The normalized spacial score (nSPS) is 19.3. The Morgan fingerprint density at radius 1 is 1.06 bits per heavy atom. The van der Waals surface area contributed by atoms with Gasteiger partial charge in [0.05, 0.1) is 29.4 Å². The maximum atomic E-state index is 13.9. The lowest BCUT2D eigenvalue weighted by Crippen LogP contribution is -2.39. The summed E-state index contributed by atoms with van der Waals surface area (Å²) in [7, 11) is 1.63. The van der Waals surface area contributed by atoms with Gasteiger partial charge in [0.25, 0.3) is 5.91 Å². The number of nitrogens with zero attached hydrogens (tertiary/aromatic N) is 1. The number of ketones is 1. The van der Waals surface area contributed by atoms with E-state index in [1.165, 1.54) is 11.3 Å². The SMILES string of the molecule is COc1ccc([C@H]2C3=C(CC(C)(C)CC3=O)Nc3ccccc3N2C(=O)c2cccs2)cc1. The first-order valence-electron chi connectivity index (χ1n) is 11.0. The molecule has 2 heterocycles. The topological polar surface area (TPSA) is 58.6 Å². The van der Waals surface area contributed by atoms with Crippen LogP contribution in [0.25, 0.3) is 0 Å². The van der Waals surface area contributed by atoms with E-state index in [4.69, 9.17) is 4.74 Å². The number of Topliss-reactive ketones (excluding diaryl/α,β-unsaturated/α-hetero) is 1. The number of benzene rings is 2. The standard InChI is InChI=1S/C27H26N2O3S/c1-27(2)15-20-24(22(30)16-27)25(17-10-12-18(32-3)13-11-17)29(26(31)23-9-6-14-33-23)21-8-5-4-7-19(21)28-20/h4-14,25,28H,15-16H2,1-3H3/t25-/m0/s1. The molecule has 2 aliphatic rings. The molecule has 0 unspecified atom stereocenters. The summed E-state index contributed by atoms with van der Waals surface area (Å²) in [5.41, 5.74) is 3.87. The molecular weight excluding hydrogens is 432 g/mol. The minimum absolute atomic E-state index is 0.0753. The first-order valence-corrected chi connectivity index (χ1v) is 11.9. The van der Waals surface area contributed by atoms with Crippen molar-refractivity contribution in [3.8, 4) is 5.75 Å². The molecule has 3 aromatic rings. The van der Waals surface area contributed by atoms with E-state index >= 15 is 0 Å². The second-order valence-corrected chi connectivity index (χ2v) is 10.3. The summed E-state index contributed by atoms with van der Waals surface area (Å²) in [6, 6.07) is 18.6. The number of hydrogen-bond donors (Lipinski definition) is 1.